The summed E-state index contributed by atoms with van der Waals surface area (Å²) in [4.78, 5) is 30.7. The van der Waals surface area contributed by atoms with Crippen LogP contribution in [0.2, 0.25) is 0 Å². The molecule has 7 heteroatoms. The number of hydrogen-bond donors (Lipinski definition) is 1. The second kappa shape index (κ2) is 8.19. The molecule has 0 saturated heterocycles. The summed E-state index contributed by atoms with van der Waals surface area (Å²) in [5.41, 5.74) is 0.0173. The molecule has 0 spiro atoms. The third-order valence-electron chi connectivity index (χ3n) is 3.76. The van der Waals surface area contributed by atoms with Crippen LogP contribution in [0, 0.1) is 0 Å². The number of thioether (sulfide) groups is 1. The second-order valence-corrected chi connectivity index (χ2v) is 6.61. The number of aryl methyl sites for hydroxylation is 1. The number of allylic oxidation sites excluding steroid dienone is 1. The molecule has 23 heavy (non-hydrogen) atoms. The van der Waals surface area contributed by atoms with Gasteiger partial charge >= 0.3 is 5.69 Å². The van der Waals surface area contributed by atoms with Gasteiger partial charge in [0.2, 0.25) is 0 Å². The highest BCUT2D eigenvalue weighted by Crippen LogP contribution is 2.23. The number of aromatic amines is 1. The summed E-state index contributed by atoms with van der Waals surface area (Å²) in [6, 6.07) is 0. The van der Waals surface area contributed by atoms with Crippen molar-refractivity contribution >= 4 is 22.9 Å². The zero-order chi connectivity index (χ0) is 16.8. The Hall–Kier alpha value is -1.76. The van der Waals surface area contributed by atoms with Gasteiger partial charge in [-0.2, -0.15) is 0 Å². The maximum absolute atomic E-state index is 12.1. The Morgan fingerprint density at radius 3 is 2.70 bits per heavy atom. The lowest BCUT2D eigenvalue weighted by Gasteiger charge is -2.05. The van der Waals surface area contributed by atoms with Gasteiger partial charge in [-0.25, -0.2) is 9.78 Å². The SMILES string of the molecule is C=CCn1c(SCCCCCCC)nc2c1c(=O)[nH]c(=O)n2C. The highest BCUT2D eigenvalue weighted by atomic mass is 32.2. The Labute approximate surface area is 139 Å². The minimum atomic E-state index is -0.443. The van der Waals surface area contributed by atoms with Crippen LogP contribution in [0.5, 0.6) is 0 Å². The fraction of sp³-hybridized carbons (Fsp3) is 0.562. The molecule has 2 rings (SSSR count). The van der Waals surface area contributed by atoms with Crippen LogP contribution in [-0.4, -0.2) is 24.9 Å². The summed E-state index contributed by atoms with van der Waals surface area (Å²) in [5.74, 6) is 0.954. The molecule has 0 aliphatic carbocycles. The van der Waals surface area contributed by atoms with Gasteiger partial charge in [-0.3, -0.25) is 14.3 Å². The number of rotatable bonds is 9. The van der Waals surface area contributed by atoms with Gasteiger partial charge < -0.3 is 4.57 Å². The number of hydrogen-bond acceptors (Lipinski definition) is 4. The van der Waals surface area contributed by atoms with Crippen LogP contribution in [0.4, 0.5) is 0 Å². The number of imidazole rings is 1. The van der Waals surface area contributed by atoms with Crippen LogP contribution in [-0.2, 0) is 13.6 Å². The molecule has 2 aromatic rings. The maximum atomic E-state index is 12.1. The summed E-state index contributed by atoms with van der Waals surface area (Å²) in [6.45, 7) is 6.44. The number of nitrogens with zero attached hydrogens (tertiary/aromatic N) is 3. The molecular formula is C16H24N4O2S. The Bertz CT molecular complexity index is 788. The lowest BCUT2D eigenvalue weighted by atomic mass is 10.2. The van der Waals surface area contributed by atoms with Crippen LogP contribution in [0.1, 0.15) is 39.0 Å². The van der Waals surface area contributed by atoms with E-state index in [9.17, 15) is 9.59 Å². The molecule has 0 aromatic carbocycles. The lowest BCUT2D eigenvalue weighted by molar-refractivity contribution is 0.658. The maximum Gasteiger partial charge on any atom is 0.329 e. The second-order valence-electron chi connectivity index (χ2n) is 5.55. The highest BCUT2D eigenvalue weighted by Gasteiger charge is 2.16. The first-order chi connectivity index (χ1) is 11.1. The molecule has 0 fully saturated rings. The van der Waals surface area contributed by atoms with Gasteiger partial charge in [0.05, 0.1) is 0 Å². The fourth-order valence-electron chi connectivity index (χ4n) is 2.49. The summed E-state index contributed by atoms with van der Waals surface area (Å²) < 4.78 is 3.21. The standard InChI is InChI=1S/C16H24N4O2S/c1-4-6-7-8-9-11-23-16-17-13-12(20(16)10-5-2)14(21)18-15(22)19(13)3/h5H,2,4,6-11H2,1,3H3,(H,18,21,22). The first kappa shape index (κ1) is 17.6. The topological polar surface area (TPSA) is 72.7 Å². The lowest BCUT2D eigenvalue weighted by Crippen LogP contribution is -2.29. The molecular weight excluding hydrogens is 312 g/mol. The van der Waals surface area contributed by atoms with E-state index in [0.29, 0.717) is 17.7 Å². The number of fused-ring (bicyclic) bond motifs is 1. The van der Waals surface area contributed by atoms with Gasteiger partial charge in [-0.1, -0.05) is 50.4 Å². The molecule has 0 radical (unpaired) electrons. The highest BCUT2D eigenvalue weighted by molar-refractivity contribution is 7.99. The largest absolute Gasteiger partial charge is 0.329 e. The van der Waals surface area contributed by atoms with E-state index in [1.165, 1.54) is 30.3 Å². The Balaban J connectivity index is 2.25. The van der Waals surface area contributed by atoms with Crippen LogP contribution in [0.3, 0.4) is 0 Å². The van der Waals surface area contributed by atoms with E-state index in [1.54, 1.807) is 24.9 Å². The third kappa shape index (κ3) is 3.96. The van der Waals surface area contributed by atoms with Crippen LogP contribution in [0.15, 0.2) is 27.4 Å². The predicted molar refractivity (Wildman–Crippen MR) is 95.3 cm³/mol. The quantitative estimate of drug-likeness (QED) is 0.434. The molecule has 6 nitrogen and oxygen atoms in total. The molecule has 1 N–H and O–H groups in total. The summed E-state index contributed by atoms with van der Waals surface area (Å²) in [6.07, 6.45) is 7.83. The minimum Gasteiger partial charge on any atom is -0.309 e. The van der Waals surface area contributed by atoms with E-state index in [0.717, 1.165) is 17.3 Å². The Kier molecular flexibility index (Phi) is 6.27. The van der Waals surface area contributed by atoms with Gasteiger partial charge in [-0.15, -0.1) is 6.58 Å². The van der Waals surface area contributed by atoms with Crippen molar-refractivity contribution in [2.75, 3.05) is 5.75 Å². The molecule has 0 aliphatic rings. The van der Waals surface area contributed by atoms with Crippen molar-refractivity contribution < 1.29 is 0 Å². The fourth-order valence-corrected chi connectivity index (χ4v) is 3.50. The predicted octanol–water partition coefficient (Wildman–Crippen LogP) is 2.67. The molecule has 126 valence electrons. The van der Waals surface area contributed by atoms with E-state index >= 15 is 0 Å². The molecule has 0 unspecified atom stereocenters. The van der Waals surface area contributed by atoms with Gasteiger partial charge in [-0.05, 0) is 6.42 Å². The van der Waals surface area contributed by atoms with E-state index in [2.05, 4.69) is 23.5 Å². The zero-order valence-electron chi connectivity index (χ0n) is 13.8. The van der Waals surface area contributed by atoms with Crippen molar-refractivity contribution in [3.05, 3.63) is 33.5 Å². The van der Waals surface area contributed by atoms with Gasteiger partial charge in [0.25, 0.3) is 5.56 Å². The summed E-state index contributed by atoms with van der Waals surface area (Å²) in [5, 5.41) is 0.766. The van der Waals surface area contributed by atoms with E-state index in [4.69, 9.17) is 0 Å². The Morgan fingerprint density at radius 2 is 2.00 bits per heavy atom. The van der Waals surface area contributed by atoms with Crippen LogP contribution in [0.25, 0.3) is 11.2 Å². The van der Waals surface area contributed by atoms with Crippen molar-refractivity contribution in [3.8, 4) is 0 Å². The number of aromatic nitrogens is 4. The monoisotopic (exact) mass is 336 g/mol. The molecule has 0 amide bonds. The molecule has 2 heterocycles. The summed E-state index contributed by atoms with van der Waals surface area (Å²) >= 11 is 1.63. The van der Waals surface area contributed by atoms with Crippen LogP contribution < -0.4 is 11.2 Å². The molecule has 0 aliphatic heterocycles. The molecule has 0 saturated carbocycles. The van der Waals surface area contributed by atoms with E-state index in [-0.39, 0.29) is 0 Å². The van der Waals surface area contributed by atoms with E-state index in [1.807, 2.05) is 4.57 Å². The summed E-state index contributed by atoms with van der Waals surface area (Å²) in [7, 11) is 1.62. The first-order valence-electron chi connectivity index (χ1n) is 8.03. The number of nitrogens with one attached hydrogen (secondary N) is 1. The molecule has 0 atom stereocenters. The van der Waals surface area contributed by atoms with Gasteiger partial charge in [0, 0.05) is 19.3 Å². The smallest absolute Gasteiger partial charge is 0.309 e. The van der Waals surface area contributed by atoms with Crippen molar-refractivity contribution in [1.82, 2.24) is 19.1 Å². The molecule has 0 bridgehead atoms. The van der Waals surface area contributed by atoms with Gasteiger partial charge in [0.15, 0.2) is 16.3 Å². The van der Waals surface area contributed by atoms with Crippen molar-refractivity contribution in [3.63, 3.8) is 0 Å². The third-order valence-corrected chi connectivity index (χ3v) is 4.83. The Morgan fingerprint density at radius 1 is 1.26 bits per heavy atom. The average molecular weight is 336 g/mol. The van der Waals surface area contributed by atoms with E-state index < -0.39 is 11.2 Å². The number of H-pyrrole nitrogens is 1. The normalized spacial score (nSPS) is 11.2. The van der Waals surface area contributed by atoms with Crippen molar-refractivity contribution in [2.24, 2.45) is 7.05 Å². The molecule has 2 aromatic heterocycles. The van der Waals surface area contributed by atoms with Gasteiger partial charge in [0.1, 0.15) is 0 Å². The minimum absolute atomic E-state index is 0.396. The zero-order valence-corrected chi connectivity index (χ0v) is 14.6. The van der Waals surface area contributed by atoms with Crippen molar-refractivity contribution in [2.45, 2.75) is 50.7 Å². The van der Waals surface area contributed by atoms with Crippen molar-refractivity contribution in [1.29, 1.82) is 0 Å². The van der Waals surface area contributed by atoms with Crippen LogP contribution >= 0.6 is 11.8 Å². The number of unbranched alkanes of at least 4 members (excludes halogenated alkanes) is 4. The average Bonchev–Trinajstić information content (AvgIpc) is 2.88. The first-order valence-corrected chi connectivity index (χ1v) is 9.02.